The molecule has 3 rings (SSSR count). The predicted molar refractivity (Wildman–Crippen MR) is 147 cm³/mol. The van der Waals surface area contributed by atoms with E-state index >= 15 is 0 Å². The molecule has 41 heavy (non-hydrogen) atoms. The van der Waals surface area contributed by atoms with Crippen LogP contribution in [0.3, 0.4) is 0 Å². The monoisotopic (exact) mass is 569 g/mol. The van der Waals surface area contributed by atoms with Crippen molar-refractivity contribution in [1.82, 2.24) is 30.9 Å². The first kappa shape index (κ1) is 30.8. The van der Waals surface area contributed by atoms with Crippen LogP contribution in [0.15, 0.2) is 43.0 Å². The molecule has 14 nitrogen and oxygen atoms in total. The molecule has 3 aromatic rings. The van der Waals surface area contributed by atoms with Gasteiger partial charge in [-0.3, -0.25) is 19.2 Å². The molecule has 0 spiro atoms. The fourth-order valence-electron chi connectivity index (χ4n) is 4.33. The Labute approximate surface area is 235 Å². The number of carboxylic acid groups (broad SMARTS) is 2. The molecule has 1 aromatic carbocycles. The van der Waals surface area contributed by atoms with Crippen LogP contribution in [0.2, 0.25) is 0 Å². The molecule has 220 valence electrons. The number of nitrogens with one attached hydrogen (secondary N) is 5. The molecule has 3 amide bonds. The zero-order valence-electron chi connectivity index (χ0n) is 22.7. The first-order chi connectivity index (χ1) is 19.5. The molecule has 5 atom stereocenters. The fourth-order valence-corrected chi connectivity index (χ4v) is 4.33. The average molecular weight is 570 g/mol. The third kappa shape index (κ3) is 8.38. The number of imidazole rings is 1. The van der Waals surface area contributed by atoms with Gasteiger partial charge in [0.1, 0.15) is 18.1 Å². The van der Waals surface area contributed by atoms with Gasteiger partial charge in [-0.25, -0.2) is 9.78 Å². The number of nitrogens with two attached hydrogens (primary N) is 1. The summed E-state index contributed by atoms with van der Waals surface area (Å²) in [6.07, 6.45) is 4.23. The number of nitrogens with zero attached hydrogens (tertiary/aromatic N) is 1. The second-order valence-electron chi connectivity index (χ2n) is 9.88. The molecule has 0 fully saturated rings. The molecule has 0 bridgehead atoms. The number of aliphatic carboxylic acids is 2. The van der Waals surface area contributed by atoms with Gasteiger partial charge in [-0.1, -0.05) is 38.5 Å². The Morgan fingerprint density at radius 2 is 1.63 bits per heavy atom. The van der Waals surface area contributed by atoms with Crippen LogP contribution in [0.5, 0.6) is 0 Å². The maximum atomic E-state index is 13.2. The maximum Gasteiger partial charge on any atom is 0.326 e. The smallest absolute Gasteiger partial charge is 0.326 e. The molecule has 0 aliphatic rings. The van der Waals surface area contributed by atoms with Crippen molar-refractivity contribution in [2.24, 2.45) is 11.7 Å². The van der Waals surface area contributed by atoms with Gasteiger partial charge in [0.2, 0.25) is 17.7 Å². The number of rotatable bonds is 15. The number of carbonyl (C=O) groups is 5. The summed E-state index contributed by atoms with van der Waals surface area (Å²) in [7, 11) is 0. The Hall–Kier alpha value is -4.72. The van der Waals surface area contributed by atoms with Gasteiger partial charge in [-0.15, -0.1) is 0 Å². The van der Waals surface area contributed by atoms with Crippen molar-refractivity contribution in [1.29, 1.82) is 0 Å². The number of benzene rings is 1. The summed E-state index contributed by atoms with van der Waals surface area (Å²) in [6, 6.07) is 2.26. The highest BCUT2D eigenvalue weighted by Crippen LogP contribution is 2.19. The number of para-hydroxylation sites is 1. The molecule has 0 radical (unpaired) electrons. The van der Waals surface area contributed by atoms with E-state index in [2.05, 4.69) is 30.9 Å². The van der Waals surface area contributed by atoms with Crippen molar-refractivity contribution in [3.63, 3.8) is 0 Å². The second kappa shape index (κ2) is 14.1. The molecule has 9 N–H and O–H groups in total. The summed E-state index contributed by atoms with van der Waals surface area (Å²) < 4.78 is 0. The third-order valence-corrected chi connectivity index (χ3v) is 6.85. The van der Waals surface area contributed by atoms with Crippen LogP contribution in [0.25, 0.3) is 10.9 Å². The number of hydrogen-bond donors (Lipinski definition) is 8. The molecule has 0 saturated heterocycles. The largest absolute Gasteiger partial charge is 0.481 e. The number of aromatic nitrogens is 3. The molecule has 2 heterocycles. The van der Waals surface area contributed by atoms with Crippen LogP contribution in [-0.2, 0) is 36.8 Å². The zero-order valence-corrected chi connectivity index (χ0v) is 22.7. The Balaban J connectivity index is 1.74. The molecule has 0 saturated carbocycles. The van der Waals surface area contributed by atoms with Crippen molar-refractivity contribution in [3.8, 4) is 0 Å². The normalized spacial score (nSPS) is 14.8. The molecule has 14 heteroatoms. The van der Waals surface area contributed by atoms with Crippen LogP contribution in [0.1, 0.15) is 37.9 Å². The second-order valence-corrected chi connectivity index (χ2v) is 9.88. The topological polar surface area (TPSA) is 232 Å². The quantitative estimate of drug-likeness (QED) is 0.123. The van der Waals surface area contributed by atoms with Gasteiger partial charge in [0.05, 0.1) is 18.8 Å². The van der Waals surface area contributed by atoms with E-state index < -0.39 is 66.2 Å². The number of carbonyl (C=O) groups excluding carboxylic acids is 3. The van der Waals surface area contributed by atoms with Crippen LogP contribution in [0, 0.1) is 5.92 Å². The van der Waals surface area contributed by atoms with Gasteiger partial charge in [0.25, 0.3) is 0 Å². The summed E-state index contributed by atoms with van der Waals surface area (Å²) in [5.41, 5.74) is 8.20. The van der Waals surface area contributed by atoms with Crippen LogP contribution >= 0.6 is 0 Å². The van der Waals surface area contributed by atoms with E-state index in [9.17, 15) is 34.2 Å². The van der Waals surface area contributed by atoms with Crippen LogP contribution in [-0.4, -0.2) is 79.0 Å². The van der Waals surface area contributed by atoms with E-state index in [4.69, 9.17) is 5.73 Å². The highest BCUT2D eigenvalue weighted by atomic mass is 16.4. The average Bonchev–Trinajstić information content (AvgIpc) is 3.60. The minimum atomic E-state index is -1.56. The van der Waals surface area contributed by atoms with Gasteiger partial charge in [-0.05, 0) is 24.0 Å². The fraction of sp³-hybridized carbons (Fsp3) is 0.407. The van der Waals surface area contributed by atoms with E-state index in [1.165, 1.54) is 12.5 Å². The third-order valence-electron chi connectivity index (χ3n) is 6.85. The minimum Gasteiger partial charge on any atom is -0.481 e. The van der Waals surface area contributed by atoms with E-state index in [-0.39, 0.29) is 12.8 Å². The van der Waals surface area contributed by atoms with Crippen LogP contribution < -0.4 is 21.7 Å². The van der Waals surface area contributed by atoms with Crippen molar-refractivity contribution in [2.75, 3.05) is 0 Å². The standard InChI is InChI=1S/C27H35N7O7/c1-3-14(2)23(27(40)41)34-26(39)20(9-16-12-29-13-31-16)33-25(38)21(10-22(35)36)32-24(37)18(28)8-15-11-30-19-7-5-4-6-17(15)19/h4-7,11-14,18,20-21,23,30H,3,8-10,28H2,1-2H3,(H,29,31)(H,32,37)(H,33,38)(H,34,39)(H,35,36)(H,40,41). The molecule has 2 aromatic heterocycles. The van der Waals surface area contributed by atoms with E-state index in [1.807, 2.05) is 24.3 Å². The van der Waals surface area contributed by atoms with Gasteiger partial charge in [-0.2, -0.15) is 0 Å². The number of aromatic amines is 2. The molecular weight excluding hydrogens is 534 g/mol. The Kier molecular flexibility index (Phi) is 10.6. The predicted octanol–water partition coefficient (Wildman–Crippen LogP) is 0.0633. The highest BCUT2D eigenvalue weighted by molar-refractivity contribution is 5.96. The molecule has 0 aliphatic carbocycles. The Morgan fingerprint density at radius 1 is 0.951 bits per heavy atom. The van der Waals surface area contributed by atoms with Gasteiger partial charge >= 0.3 is 11.9 Å². The number of hydrogen-bond acceptors (Lipinski definition) is 7. The lowest BCUT2D eigenvalue weighted by Crippen LogP contribution is -2.58. The number of carboxylic acids is 2. The summed E-state index contributed by atoms with van der Waals surface area (Å²) in [6.45, 7) is 3.44. The maximum absolute atomic E-state index is 13.2. The van der Waals surface area contributed by atoms with E-state index in [0.717, 1.165) is 16.5 Å². The highest BCUT2D eigenvalue weighted by Gasteiger charge is 2.33. The molecule has 0 aliphatic heterocycles. The number of fused-ring (bicyclic) bond motifs is 1. The first-order valence-electron chi connectivity index (χ1n) is 13.1. The SMILES string of the molecule is CCC(C)C(NC(=O)C(Cc1cnc[nH]1)NC(=O)C(CC(=O)O)NC(=O)C(N)Cc1c[nH]c2ccccc12)C(=O)O. The van der Waals surface area contributed by atoms with Gasteiger partial charge in [0.15, 0.2) is 0 Å². The molecule has 5 unspecified atom stereocenters. The van der Waals surface area contributed by atoms with Crippen molar-refractivity contribution >= 4 is 40.6 Å². The van der Waals surface area contributed by atoms with Gasteiger partial charge in [0, 0.05) is 35.4 Å². The Bertz CT molecular complexity index is 1370. The molecular formula is C27H35N7O7. The lowest BCUT2D eigenvalue weighted by atomic mass is 9.98. The summed E-state index contributed by atoms with van der Waals surface area (Å²) in [4.78, 5) is 72.4. The van der Waals surface area contributed by atoms with E-state index in [1.54, 1.807) is 20.0 Å². The zero-order chi connectivity index (χ0) is 30.1. The van der Waals surface area contributed by atoms with Crippen molar-refractivity contribution in [3.05, 3.63) is 54.2 Å². The lowest BCUT2D eigenvalue weighted by Gasteiger charge is -2.26. The van der Waals surface area contributed by atoms with Crippen LogP contribution in [0.4, 0.5) is 0 Å². The number of H-pyrrole nitrogens is 2. The lowest BCUT2D eigenvalue weighted by molar-refractivity contribution is -0.144. The Morgan fingerprint density at radius 3 is 2.27 bits per heavy atom. The van der Waals surface area contributed by atoms with Crippen molar-refractivity contribution in [2.45, 2.75) is 63.7 Å². The summed E-state index contributed by atoms with van der Waals surface area (Å²) in [5.74, 6) is -5.51. The first-order valence-corrected chi connectivity index (χ1v) is 13.1. The van der Waals surface area contributed by atoms with Crippen molar-refractivity contribution < 1.29 is 34.2 Å². The van der Waals surface area contributed by atoms with Gasteiger partial charge < -0.3 is 41.9 Å². The summed E-state index contributed by atoms with van der Waals surface area (Å²) >= 11 is 0. The number of amides is 3. The minimum absolute atomic E-state index is 0.0990. The summed E-state index contributed by atoms with van der Waals surface area (Å²) in [5, 5.41) is 27.2. The van der Waals surface area contributed by atoms with E-state index in [0.29, 0.717) is 12.1 Å².